The lowest BCUT2D eigenvalue weighted by Gasteiger charge is -2.12. The van der Waals surface area contributed by atoms with Crippen LogP contribution < -0.4 is 15.6 Å². The zero-order valence-electron chi connectivity index (χ0n) is 18.5. The molecule has 1 heterocycles. The number of hydrazine groups is 1. The van der Waals surface area contributed by atoms with Gasteiger partial charge in [0.05, 0.1) is 10.4 Å². The van der Waals surface area contributed by atoms with Crippen LogP contribution in [0.2, 0.25) is 0 Å². The third kappa shape index (κ3) is 5.05. The minimum absolute atomic E-state index is 0.0775. The molecule has 3 aromatic carbocycles. The first kappa shape index (κ1) is 22.9. The summed E-state index contributed by atoms with van der Waals surface area (Å²) >= 11 is 0. The van der Waals surface area contributed by atoms with Gasteiger partial charge in [0.2, 0.25) is 0 Å². The second kappa shape index (κ2) is 9.32. The van der Waals surface area contributed by atoms with E-state index < -0.39 is 21.8 Å². The minimum Gasteiger partial charge on any atom is -0.280 e. The summed E-state index contributed by atoms with van der Waals surface area (Å²) in [7, 11) is -3.92. The molecular formula is C25H22N4O4S. The van der Waals surface area contributed by atoms with Crippen molar-refractivity contribution >= 4 is 38.4 Å². The normalized spacial score (nSPS) is 11.1. The second-order valence-electron chi connectivity index (χ2n) is 7.75. The molecule has 4 aromatic rings. The molecule has 0 saturated heterocycles. The Morgan fingerprint density at radius 3 is 2.26 bits per heavy atom. The molecule has 0 saturated carbocycles. The van der Waals surface area contributed by atoms with Crippen molar-refractivity contribution in [3.63, 3.8) is 0 Å². The van der Waals surface area contributed by atoms with Gasteiger partial charge >= 0.3 is 0 Å². The molecule has 0 unspecified atom stereocenters. The topological polar surface area (TPSA) is 117 Å². The van der Waals surface area contributed by atoms with E-state index in [1.165, 1.54) is 18.2 Å². The van der Waals surface area contributed by atoms with E-state index in [9.17, 15) is 18.0 Å². The Kier molecular flexibility index (Phi) is 6.29. The van der Waals surface area contributed by atoms with Crippen molar-refractivity contribution in [1.29, 1.82) is 0 Å². The lowest BCUT2D eigenvalue weighted by Crippen LogP contribution is -2.42. The Morgan fingerprint density at radius 1 is 0.794 bits per heavy atom. The quantitative estimate of drug-likeness (QED) is 0.381. The molecule has 0 radical (unpaired) electrons. The van der Waals surface area contributed by atoms with E-state index >= 15 is 0 Å². The van der Waals surface area contributed by atoms with Gasteiger partial charge in [-0.05, 0) is 55.8 Å². The fourth-order valence-corrected chi connectivity index (χ4v) is 4.37. The number of benzene rings is 3. The highest BCUT2D eigenvalue weighted by molar-refractivity contribution is 7.92. The third-order valence-electron chi connectivity index (χ3n) is 5.19. The van der Waals surface area contributed by atoms with Gasteiger partial charge in [0.1, 0.15) is 5.69 Å². The molecule has 1 aromatic heterocycles. The first-order valence-electron chi connectivity index (χ1n) is 10.4. The molecule has 0 atom stereocenters. The van der Waals surface area contributed by atoms with Crippen LogP contribution in [0, 0.1) is 13.8 Å². The number of pyridine rings is 1. The molecule has 8 nitrogen and oxygen atoms in total. The number of nitrogens with one attached hydrogen (secondary N) is 3. The van der Waals surface area contributed by atoms with E-state index in [-0.39, 0.29) is 16.2 Å². The average molecular weight is 475 g/mol. The third-order valence-corrected chi connectivity index (χ3v) is 6.57. The highest BCUT2D eigenvalue weighted by Gasteiger charge is 2.19. The standard InChI is InChI=1S/C25H22N4O4S/c1-16-7-11-19(12-8-16)29-34(32,33)20-13-9-17(2)21(15-20)24(30)27-28-25(31)23-14-10-18-5-3-4-6-22(18)26-23/h3-15,29H,1-2H3,(H,27,30)(H,28,31). The van der Waals surface area contributed by atoms with Gasteiger partial charge in [-0.15, -0.1) is 0 Å². The summed E-state index contributed by atoms with van der Waals surface area (Å²) in [5.41, 5.74) is 7.50. The molecule has 3 N–H and O–H groups in total. The number of sulfonamides is 1. The van der Waals surface area contributed by atoms with Crippen LogP contribution in [0.5, 0.6) is 0 Å². The number of carbonyl (C=O) groups excluding carboxylic acids is 2. The van der Waals surface area contributed by atoms with Gasteiger partial charge in [0.15, 0.2) is 0 Å². The molecule has 172 valence electrons. The van der Waals surface area contributed by atoms with E-state index in [0.717, 1.165) is 10.9 Å². The molecule has 0 bridgehead atoms. The molecule has 0 aliphatic carbocycles. The monoisotopic (exact) mass is 474 g/mol. The van der Waals surface area contributed by atoms with Crippen molar-refractivity contribution in [2.24, 2.45) is 0 Å². The predicted molar refractivity (Wildman–Crippen MR) is 130 cm³/mol. The molecule has 2 amide bonds. The number of nitrogens with zero attached hydrogens (tertiary/aromatic N) is 1. The largest absolute Gasteiger partial charge is 0.288 e. The van der Waals surface area contributed by atoms with Crippen LogP contribution in [0.1, 0.15) is 32.0 Å². The number of aryl methyl sites for hydroxylation is 2. The summed E-state index contributed by atoms with van der Waals surface area (Å²) in [4.78, 5) is 29.4. The lowest BCUT2D eigenvalue weighted by atomic mass is 10.1. The van der Waals surface area contributed by atoms with Crippen LogP contribution in [0.4, 0.5) is 5.69 Å². The maximum atomic E-state index is 12.8. The van der Waals surface area contributed by atoms with Crippen molar-refractivity contribution in [3.05, 3.63) is 101 Å². The summed E-state index contributed by atoms with van der Waals surface area (Å²) in [6.07, 6.45) is 0. The molecule has 0 aliphatic heterocycles. The molecule has 4 rings (SSSR count). The van der Waals surface area contributed by atoms with Gasteiger partial charge in [-0.2, -0.15) is 0 Å². The van der Waals surface area contributed by atoms with E-state index in [1.807, 2.05) is 25.1 Å². The Bertz CT molecular complexity index is 1500. The number of fused-ring (bicyclic) bond motifs is 1. The Labute approximate surface area is 197 Å². The predicted octanol–water partition coefficient (Wildman–Crippen LogP) is 3.73. The summed E-state index contributed by atoms with van der Waals surface area (Å²) in [5.74, 6) is -1.25. The molecule has 0 fully saturated rings. The Hall–Kier alpha value is -4.24. The number of carbonyl (C=O) groups is 2. The first-order valence-corrected chi connectivity index (χ1v) is 11.9. The number of anilines is 1. The number of rotatable bonds is 5. The fourth-order valence-electron chi connectivity index (χ4n) is 3.29. The van der Waals surface area contributed by atoms with Crippen LogP contribution >= 0.6 is 0 Å². The van der Waals surface area contributed by atoms with Crippen molar-refractivity contribution in [1.82, 2.24) is 15.8 Å². The number of amides is 2. The van der Waals surface area contributed by atoms with Gasteiger partial charge in [0.25, 0.3) is 21.8 Å². The van der Waals surface area contributed by atoms with Gasteiger partial charge in [-0.1, -0.05) is 48.0 Å². The molecular weight excluding hydrogens is 452 g/mol. The summed E-state index contributed by atoms with van der Waals surface area (Å²) < 4.78 is 28.1. The summed E-state index contributed by atoms with van der Waals surface area (Å²) in [6, 6.07) is 21.8. The van der Waals surface area contributed by atoms with E-state index in [0.29, 0.717) is 16.8 Å². The summed E-state index contributed by atoms with van der Waals surface area (Å²) in [5, 5.41) is 0.885. The summed E-state index contributed by atoms with van der Waals surface area (Å²) in [6.45, 7) is 3.57. The molecule has 0 aliphatic rings. The Balaban J connectivity index is 1.48. The van der Waals surface area contributed by atoms with Crippen LogP contribution in [0.25, 0.3) is 10.9 Å². The van der Waals surface area contributed by atoms with Crippen LogP contribution in [0.15, 0.2) is 83.8 Å². The fraction of sp³-hybridized carbons (Fsp3) is 0.0800. The maximum Gasteiger partial charge on any atom is 0.288 e. The van der Waals surface area contributed by atoms with Crippen molar-refractivity contribution in [3.8, 4) is 0 Å². The zero-order chi connectivity index (χ0) is 24.3. The Morgan fingerprint density at radius 2 is 1.50 bits per heavy atom. The zero-order valence-corrected chi connectivity index (χ0v) is 19.3. The number of para-hydroxylation sites is 1. The van der Waals surface area contributed by atoms with Crippen molar-refractivity contribution in [2.45, 2.75) is 18.7 Å². The van der Waals surface area contributed by atoms with Crippen molar-refractivity contribution < 1.29 is 18.0 Å². The van der Waals surface area contributed by atoms with E-state index in [4.69, 9.17) is 0 Å². The highest BCUT2D eigenvalue weighted by Crippen LogP contribution is 2.20. The minimum atomic E-state index is -3.92. The lowest BCUT2D eigenvalue weighted by molar-refractivity contribution is 0.0843. The second-order valence-corrected chi connectivity index (χ2v) is 9.43. The van der Waals surface area contributed by atoms with Gasteiger partial charge in [-0.3, -0.25) is 25.2 Å². The van der Waals surface area contributed by atoms with Gasteiger partial charge in [-0.25, -0.2) is 13.4 Å². The molecule has 0 spiro atoms. The van der Waals surface area contributed by atoms with E-state index in [2.05, 4.69) is 20.6 Å². The van der Waals surface area contributed by atoms with Crippen LogP contribution in [-0.4, -0.2) is 25.2 Å². The van der Waals surface area contributed by atoms with Gasteiger partial charge in [0, 0.05) is 16.6 Å². The van der Waals surface area contributed by atoms with Gasteiger partial charge < -0.3 is 0 Å². The van der Waals surface area contributed by atoms with Crippen LogP contribution in [0.3, 0.4) is 0 Å². The van der Waals surface area contributed by atoms with Crippen molar-refractivity contribution in [2.75, 3.05) is 4.72 Å². The molecule has 9 heteroatoms. The van der Waals surface area contributed by atoms with E-state index in [1.54, 1.807) is 49.4 Å². The SMILES string of the molecule is Cc1ccc(NS(=O)(=O)c2ccc(C)c(C(=O)NNC(=O)c3ccc4ccccc4n3)c2)cc1. The average Bonchev–Trinajstić information content (AvgIpc) is 2.83. The van der Waals surface area contributed by atoms with Crippen LogP contribution in [-0.2, 0) is 10.0 Å². The highest BCUT2D eigenvalue weighted by atomic mass is 32.2. The first-order chi connectivity index (χ1) is 16.2. The number of hydrogen-bond donors (Lipinski definition) is 3. The molecule has 34 heavy (non-hydrogen) atoms. The number of hydrogen-bond acceptors (Lipinski definition) is 5. The number of aromatic nitrogens is 1. The maximum absolute atomic E-state index is 12.8. The smallest absolute Gasteiger partial charge is 0.280 e.